The summed E-state index contributed by atoms with van der Waals surface area (Å²) in [5.74, 6) is -0.901. The molecule has 0 spiro atoms. The van der Waals surface area contributed by atoms with E-state index < -0.39 is 5.97 Å². The van der Waals surface area contributed by atoms with Gasteiger partial charge in [0.25, 0.3) is 5.91 Å². The number of methoxy groups -OCH3 is 1. The van der Waals surface area contributed by atoms with Crippen LogP contribution in [0.5, 0.6) is 0 Å². The van der Waals surface area contributed by atoms with Gasteiger partial charge in [0.1, 0.15) is 16.3 Å². The number of piperidine rings is 1. The maximum absolute atomic E-state index is 12.8. The fourth-order valence-electron chi connectivity index (χ4n) is 4.13. The van der Waals surface area contributed by atoms with Gasteiger partial charge in [-0.15, -0.1) is 0 Å². The van der Waals surface area contributed by atoms with Crippen molar-refractivity contribution in [3.8, 4) is 11.5 Å². The monoisotopic (exact) mass is 540 g/mol. The second kappa shape index (κ2) is 9.81. The number of amides is 1. The molecule has 1 amide bonds. The smallest absolute Gasteiger partial charge is 0.348 e. The molecule has 0 unspecified atom stereocenters. The van der Waals surface area contributed by atoms with Crippen LogP contribution in [0.15, 0.2) is 0 Å². The number of hydrogen-bond acceptors (Lipinski definition) is 7. The maximum atomic E-state index is 12.8. The summed E-state index contributed by atoms with van der Waals surface area (Å²) in [4.78, 5) is 39.0. The molecule has 1 aliphatic rings. The average molecular weight is 541 g/mol. The highest BCUT2D eigenvalue weighted by atomic mass is 35.5. The first-order valence-corrected chi connectivity index (χ1v) is 12.5. The van der Waals surface area contributed by atoms with Gasteiger partial charge < -0.3 is 29.6 Å². The Labute approximate surface area is 216 Å². The molecular weight excluding hydrogens is 515 g/mol. The second-order valence-electron chi connectivity index (χ2n) is 8.49. The van der Waals surface area contributed by atoms with Crippen molar-refractivity contribution in [3.05, 3.63) is 37.7 Å². The third kappa shape index (κ3) is 4.65. The van der Waals surface area contributed by atoms with E-state index in [0.29, 0.717) is 46.9 Å². The van der Waals surface area contributed by atoms with Crippen molar-refractivity contribution in [1.29, 1.82) is 0 Å². The number of aryl methyl sites for hydroxylation is 2. The van der Waals surface area contributed by atoms with Gasteiger partial charge in [0.2, 0.25) is 0 Å². The lowest BCUT2D eigenvalue weighted by Gasteiger charge is -2.37. The number of H-pyrrole nitrogens is 1. The summed E-state index contributed by atoms with van der Waals surface area (Å²) in [7, 11) is 3.42. The number of anilines is 1. The van der Waals surface area contributed by atoms with E-state index in [0.717, 1.165) is 22.7 Å². The molecule has 0 bridgehead atoms. The number of hydrogen-bond donors (Lipinski definition) is 3. The van der Waals surface area contributed by atoms with Crippen LogP contribution in [0, 0.1) is 20.8 Å². The summed E-state index contributed by atoms with van der Waals surface area (Å²) in [6, 6.07) is -0.277. The Morgan fingerprint density at radius 3 is 2.49 bits per heavy atom. The van der Waals surface area contributed by atoms with Crippen LogP contribution in [0.4, 0.5) is 5.13 Å². The van der Waals surface area contributed by atoms with Gasteiger partial charge in [-0.1, -0.05) is 34.5 Å². The summed E-state index contributed by atoms with van der Waals surface area (Å²) < 4.78 is 7.52. The van der Waals surface area contributed by atoms with Crippen LogP contribution in [-0.4, -0.2) is 68.8 Å². The summed E-state index contributed by atoms with van der Waals surface area (Å²) in [5.41, 5.74) is 2.94. The summed E-state index contributed by atoms with van der Waals surface area (Å²) in [5, 5.41) is 13.9. The Kier molecular flexibility index (Phi) is 7.14. The number of carbonyl (C=O) groups is 2. The summed E-state index contributed by atoms with van der Waals surface area (Å²) in [6.07, 6.45) is 0.212. The second-order valence-corrected chi connectivity index (χ2v) is 10.2. The molecule has 0 radical (unpaired) electrons. The molecule has 0 aromatic carbocycles. The first kappa shape index (κ1) is 25.5. The highest BCUT2D eigenvalue weighted by Gasteiger charge is 2.34. The number of rotatable bonds is 6. The van der Waals surface area contributed by atoms with Crippen molar-refractivity contribution in [2.75, 3.05) is 25.1 Å². The lowest BCUT2D eigenvalue weighted by Crippen LogP contribution is -2.55. The number of nitrogens with zero attached hydrogens (tertiary/aromatic N) is 4. The first-order valence-electron chi connectivity index (χ1n) is 10.9. The molecule has 3 aromatic rings. The molecule has 10 nitrogen and oxygen atoms in total. The molecular formula is C22H26Cl2N6O4S. The molecule has 4 rings (SSSR count). The van der Waals surface area contributed by atoms with E-state index in [4.69, 9.17) is 27.9 Å². The lowest BCUT2D eigenvalue weighted by atomic mass is 10.0. The van der Waals surface area contributed by atoms with Crippen molar-refractivity contribution in [1.82, 2.24) is 24.8 Å². The van der Waals surface area contributed by atoms with Crippen LogP contribution in [0.3, 0.4) is 0 Å². The molecule has 0 aliphatic carbocycles. The van der Waals surface area contributed by atoms with Gasteiger partial charge in [-0.2, -0.15) is 0 Å². The highest BCUT2D eigenvalue weighted by Crippen LogP contribution is 2.35. The van der Waals surface area contributed by atoms with Gasteiger partial charge in [0.15, 0.2) is 11.0 Å². The van der Waals surface area contributed by atoms with E-state index in [1.54, 1.807) is 14.0 Å². The van der Waals surface area contributed by atoms with Crippen LogP contribution in [0.2, 0.25) is 10.0 Å². The van der Waals surface area contributed by atoms with E-state index in [-0.39, 0.29) is 33.6 Å². The number of carbonyl (C=O) groups excluding carboxylic acids is 1. The molecule has 1 fully saturated rings. The normalized spacial score (nSPS) is 18.2. The Morgan fingerprint density at radius 1 is 1.23 bits per heavy atom. The number of aromatic amines is 1. The average Bonchev–Trinajstić information content (AvgIpc) is 3.46. The number of aromatic carboxylic acids is 1. The van der Waals surface area contributed by atoms with Crippen LogP contribution in [-0.2, 0) is 11.8 Å². The number of halogens is 2. The first-order chi connectivity index (χ1) is 16.5. The minimum absolute atomic E-state index is 0.131. The fraction of sp³-hybridized carbons (Fsp3) is 0.455. The van der Waals surface area contributed by atoms with E-state index in [1.807, 2.05) is 30.4 Å². The molecule has 1 saturated heterocycles. The molecule has 3 N–H and O–H groups in total. The van der Waals surface area contributed by atoms with Gasteiger partial charge in [-0.05, 0) is 27.2 Å². The van der Waals surface area contributed by atoms with E-state index in [2.05, 4.69) is 20.3 Å². The number of imidazole rings is 1. The lowest BCUT2D eigenvalue weighted by molar-refractivity contribution is 0.0540. The molecule has 35 heavy (non-hydrogen) atoms. The Morgan fingerprint density at radius 2 is 1.94 bits per heavy atom. The molecule has 3 aromatic heterocycles. The van der Waals surface area contributed by atoms with Crippen LogP contribution in [0.25, 0.3) is 11.5 Å². The van der Waals surface area contributed by atoms with Crippen molar-refractivity contribution in [3.63, 3.8) is 0 Å². The van der Waals surface area contributed by atoms with Gasteiger partial charge in [0.05, 0.1) is 27.9 Å². The molecule has 188 valence electrons. The number of ether oxygens (including phenoxy) is 1. The van der Waals surface area contributed by atoms with Gasteiger partial charge in [0, 0.05) is 38.6 Å². The fourth-order valence-corrected chi connectivity index (χ4v) is 5.48. The van der Waals surface area contributed by atoms with Crippen molar-refractivity contribution >= 4 is 51.5 Å². The van der Waals surface area contributed by atoms with E-state index >= 15 is 0 Å². The maximum Gasteiger partial charge on any atom is 0.348 e. The summed E-state index contributed by atoms with van der Waals surface area (Å²) >= 11 is 13.4. The minimum Gasteiger partial charge on any atom is -0.477 e. The van der Waals surface area contributed by atoms with Crippen LogP contribution in [0.1, 0.15) is 43.7 Å². The minimum atomic E-state index is -1.05. The predicted molar refractivity (Wildman–Crippen MR) is 135 cm³/mol. The van der Waals surface area contributed by atoms with Gasteiger partial charge in [-0.3, -0.25) is 4.79 Å². The zero-order valence-corrected chi connectivity index (χ0v) is 22.2. The SMILES string of the molecule is CO[C@H]1CN(c2nc(-c3nc(C)c(C)n3C)c(C(=O)O)s2)CC[C@H]1NC(=O)c1[nH]c(C)c(Cl)c1Cl. The molecule has 1 aliphatic heterocycles. The largest absolute Gasteiger partial charge is 0.477 e. The van der Waals surface area contributed by atoms with Crippen molar-refractivity contribution in [2.24, 2.45) is 7.05 Å². The number of aromatic nitrogens is 4. The van der Waals surface area contributed by atoms with Gasteiger partial charge in [-0.25, -0.2) is 14.8 Å². The topological polar surface area (TPSA) is 125 Å². The van der Waals surface area contributed by atoms with E-state index in [9.17, 15) is 14.7 Å². The van der Waals surface area contributed by atoms with Crippen LogP contribution >= 0.6 is 34.5 Å². The number of nitrogens with one attached hydrogen (secondary N) is 2. The van der Waals surface area contributed by atoms with Crippen molar-refractivity contribution < 1.29 is 19.4 Å². The van der Waals surface area contributed by atoms with E-state index in [1.165, 1.54) is 0 Å². The number of carboxylic acids is 1. The predicted octanol–water partition coefficient (Wildman–Crippen LogP) is 3.83. The third-order valence-corrected chi connectivity index (χ3v) is 8.42. The molecule has 4 heterocycles. The molecule has 0 saturated carbocycles. The molecule has 13 heteroatoms. The third-order valence-electron chi connectivity index (χ3n) is 6.37. The Bertz CT molecular complexity index is 1300. The summed E-state index contributed by atoms with van der Waals surface area (Å²) in [6.45, 7) is 6.52. The standard InChI is InChI=1S/C22H26Cl2N6O4S/c1-9-11(3)29(4)19(26-9)17-18(21(32)33)35-22(28-17)30-7-6-12(13(8-30)34-5)27-20(31)16-15(24)14(23)10(2)25-16/h12-13,25H,6-8H2,1-5H3,(H,27,31)(H,32,33)/t12-,13+/m1/s1. The number of thiazole rings is 1. The van der Waals surface area contributed by atoms with Crippen molar-refractivity contribution in [2.45, 2.75) is 39.3 Å². The van der Waals surface area contributed by atoms with Gasteiger partial charge >= 0.3 is 5.97 Å². The molecule has 2 atom stereocenters. The quantitative estimate of drug-likeness (QED) is 0.433. The highest BCUT2D eigenvalue weighted by molar-refractivity contribution is 7.17. The zero-order valence-electron chi connectivity index (χ0n) is 19.9. The zero-order chi connectivity index (χ0) is 25.6. The Balaban J connectivity index is 1.55. The Hall–Kier alpha value is -2.60. The van der Waals surface area contributed by atoms with Crippen LogP contribution < -0.4 is 10.2 Å². The number of carboxylic acid groups (broad SMARTS) is 1.